The van der Waals surface area contributed by atoms with Gasteiger partial charge >= 0.3 is 0 Å². The Morgan fingerprint density at radius 2 is 1.85 bits per heavy atom. The lowest BCUT2D eigenvalue weighted by Crippen LogP contribution is -2.47. The maximum atomic E-state index is 12.1. The van der Waals surface area contributed by atoms with Crippen LogP contribution in [0.3, 0.4) is 0 Å². The highest BCUT2D eigenvalue weighted by atomic mass is 16.5. The van der Waals surface area contributed by atoms with Gasteiger partial charge < -0.3 is 20.7 Å². The molecule has 4 N–H and O–H groups in total. The molecule has 1 saturated heterocycles. The zero-order valence-corrected chi connectivity index (χ0v) is 18.4. The third-order valence-corrected chi connectivity index (χ3v) is 6.44. The van der Waals surface area contributed by atoms with Gasteiger partial charge in [-0.15, -0.1) is 6.42 Å². The molecule has 8 heteroatoms. The van der Waals surface area contributed by atoms with Crippen LogP contribution in [0, 0.1) is 23.7 Å². The summed E-state index contributed by atoms with van der Waals surface area (Å²) in [5, 5.41) is 12.3. The SMILES string of the molecule is C#CC(=O)N1CC2CC(Nc3ncnc(N)c3C(=N)c3ccc(Oc4ccccc4)cc3)C1C2. The Bertz CT molecular complexity index is 1270. The summed E-state index contributed by atoms with van der Waals surface area (Å²) in [6, 6.07) is 16.7. The smallest absolute Gasteiger partial charge is 0.298 e. The van der Waals surface area contributed by atoms with Crippen molar-refractivity contribution in [2.24, 2.45) is 5.92 Å². The number of carbonyl (C=O) groups excluding carboxylic acids is 1. The molecule has 0 radical (unpaired) electrons. The van der Waals surface area contributed by atoms with E-state index in [4.69, 9.17) is 22.3 Å². The van der Waals surface area contributed by atoms with Crippen LogP contribution in [-0.4, -0.2) is 45.1 Å². The number of rotatable bonds is 6. The Kier molecular flexibility index (Phi) is 5.60. The van der Waals surface area contributed by atoms with Crippen molar-refractivity contribution in [3.63, 3.8) is 0 Å². The van der Waals surface area contributed by atoms with E-state index in [9.17, 15) is 4.79 Å². The van der Waals surface area contributed by atoms with Crippen LogP contribution in [0.4, 0.5) is 11.6 Å². The number of hydrogen-bond donors (Lipinski definition) is 3. The number of nitrogens with zero attached hydrogens (tertiary/aromatic N) is 3. The van der Waals surface area contributed by atoms with E-state index in [1.54, 1.807) is 4.90 Å². The largest absolute Gasteiger partial charge is 0.457 e. The van der Waals surface area contributed by atoms with Gasteiger partial charge in [-0.1, -0.05) is 18.2 Å². The van der Waals surface area contributed by atoms with E-state index in [2.05, 4.69) is 21.2 Å². The minimum atomic E-state index is -0.285. The van der Waals surface area contributed by atoms with Gasteiger partial charge in [-0.2, -0.15) is 0 Å². The molecule has 2 bridgehead atoms. The number of nitrogen functional groups attached to an aromatic ring is 1. The molecule has 1 aromatic heterocycles. The summed E-state index contributed by atoms with van der Waals surface area (Å²) in [5.41, 5.74) is 7.47. The number of amides is 1. The Balaban J connectivity index is 1.36. The predicted molar refractivity (Wildman–Crippen MR) is 130 cm³/mol. The number of likely N-dealkylation sites (tertiary alicyclic amines) is 1. The number of piperidine rings is 1. The molecular formula is C26H24N6O2. The van der Waals surface area contributed by atoms with Crippen molar-refractivity contribution >= 4 is 23.3 Å². The minimum Gasteiger partial charge on any atom is -0.457 e. The van der Waals surface area contributed by atoms with Crippen molar-refractivity contribution in [1.29, 1.82) is 5.41 Å². The van der Waals surface area contributed by atoms with E-state index < -0.39 is 0 Å². The lowest BCUT2D eigenvalue weighted by molar-refractivity contribution is -0.126. The zero-order chi connectivity index (χ0) is 23.7. The first-order chi connectivity index (χ1) is 16.5. The van der Waals surface area contributed by atoms with Gasteiger partial charge in [0.1, 0.15) is 29.5 Å². The summed E-state index contributed by atoms with van der Waals surface area (Å²) in [6.07, 6.45) is 8.53. The quantitative estimate of drug-likeness (QED) is 0.390. The number of nitrogens with two attached hydrogens (primary N) is 1. The van der Waals surface area contributed by atoms with E-state index in [1.165, 1.54) is 6.33 Å². The van der Waals surface area contributed by atoms with E-state index in [0.29, 0.717) is 35.2 Å². The molecule has 3 aromatic rings. The number of terminal acetylenes is 1. The zero-order valence-electron chi connectivity index (χ0n) is 18.4. The molecule has 1 amide bonds. The Hall–Kier alpha value is -4.38. The second-order valence-electron chi connectivity index (χ2n) is 8.55. The number of fused-ring (bicyclic) bond motifs is 2. The number of para-hydroxylation sites is 1. The lowest BCUT2D eigenvalue weighted by atomic mass is 10.0. The van der Waals surface area contributed by atoms with E-state index in [-0.39, 0.29) is 29.5 Å². The van der Waals surface area contributed by atoms with Gasteiger partial charge in [0.25, 0.3) is 5.91 Å². The number of nitrogens with one attached hydrogen (secondary N) is 2. The van der Waals surface area contributed by atoms with Crippen LogP contribution in [0.25, 0.3) is 0 Å². The van der Waals surface area contributed by atoms with Crippen LogP contribution in [0.15, 0.2) is 60.9 Å². The Labute approximate surface area is 197 Å². The fraction of sp³-hybridized carbons (Fsp3) is 0.231. The molecule has 3 atom stereocenters. The molecular weight excluding hydrogens is 428 g/mol. The predicted octanol–water partition coefficient (Wildman–Crippen LogP) is 3.30. The maximum Gasteiger partial charge on any atom is 0.298 e. The lowest BCUT2D eigenvalue weighted by Gasteiger charge is -2.33. The average Bonchev–Trinajstić information content (AvgIpc) is 3.45. The van der Waals surface area contributed by atoms with Crippen LogP contribution in [0.1, 0.15) is 24.0 Å². The summed E-state index contributed by atoms with van der Waals surface area (Å²) < 4.78 is 5.84. The molecule has 1 saturated carbocycles. The number of hydrogen-bond acceptors (Lipinski definition) is 7. The van der Waals surface area contributed by atoms with Crippen LogP contribution >= 0.6 is 0 Å². The van der Waals surface area contributed by atoms with Crippen molar-refractivity contribution in [3.05, 3.63) is 72.1 Å². The molecule has 1 aliphatic heterocycles. The maximum absolute atomic E-state index is 12.1. The molecule has 3 unspecified atom stereocenters. The second kappa shape index (κ2) is 8.87. The fourth-order valence-electron chi connectivity index (χ4n) is 4.89. The Morgan fingerprint density at radius 3 is 2.56 bits per heavy atom. The van der Waals surface area contributed by atoms with Gasteiger partial charge in [-0.3, -0.25) is 10.2 Å². The summed E-state index contributed by atoms with van der Waals surface area (Å²) in [4.78, 5) is 22.4. The van der Waals surface area contributed by atoms with Gasteiger partial charge in [0.2, 0.25) is 0 Å². The summed E-state index contributed by atoms with van der Waals surface area (Å²) >= 11 is 0. The van der Waals surface area contributed by atoms with E-state index in [1.807, 2.05) is 54.6 Å². The number of carbonyl (C=O) groups is 1. The fourth-order valence-corrected chi connectivity index (χ4v) is 4.89. The summed E-state index contributed by atoms with van der Waals surface area (Å²) in [5.74, 6) is 4.44. The van der Waals surface area contributed by atoms with Crippen LogP contribution in [0.2, 0.25) is 0 Å². The summed E-state index contributed by atoms with van der Waals surface area (Å²) in [7, 11) is 0. The highest BCUT2D eigenvalue weighted by Gasteiger charge is 2.47. The summed E-state index contributed by atoms with van der Waals surface area (Å²) in [6.45, 7) is 0.692. The second-order valence-corrected chi connectivity index (χ2v) is 8.55. The van der Waals surface area contributed by atoms with Crippen LogP contribution in [-0.2, 0) is 4.79 Å². The molecule has 2 aliphatic rings. The number of anilines is 2. The van der Waals surface area contributed by atoms with E-state index >= 15 is 0 Å². The molecule has 0 spiro atoms. The van der Waals surface area contributed by atoms with Gasteiger partial charge in [0.05, 0.1) is 17.3 Å². The minimum absolute atomic E-state index is 0.00110. The van der Waals surface area contributed by atoms with Crippen molar-refractivity contribution in [3.8, 4) is 23.8 Å². The highest BCUT2D eigenvalue weighted by molar-refractivity contribution is 6.16. The van der Waals surface area contributed by atoms with Crippen molar-refractivity contribution in [2.75, 3.05) is 17.6 Å². The monoisotopic (exact) mass is 452 g/mol. The first-order valence-electron chi connectivity index (χ1n) is 11.1. The molecule has 5 rings (SSSR count). The molecule has 2 heterocycles. The number of benzene rings is 2. The number of aromatic nitrogens is 2. The van der Waals surface area contributed by atoms with Crippen molar-refractivity contribution in [2.45, 2.75) is 24.9 Å². The third kappa shape index (κ3) is 4.04. The van der Waals surface area contributed by atoms with Gasteiger partial charge in [0.15, 0.2) is 0 Å². The standard InChI is InChI=1S/C26H24N6O2/c1-2-22(33)32-14-16-12-20(21(32)13-16)31-26-23(25(28)29-15-30-26)24(27)17-8-10-19(11-9-17)34-18-6-4-3-5-7-18/h1,3-11,15-16,20-21,27H,12-14H2,(H3,28,29,30,31). The first-order valence-corrected chi connectivity index (χ1v) is 11.1. The molecule has 1 aliphatic carbocycles. The molecule has 170 valence electrons. The molecule has 8 nitrogen and oxygen atoms in total. The Morgan fingerprint density at radius 1 is 1.12 bits per heavy atom. The molecule has 34 heavy (non-hydrogen) atoms. The van der Waals surface area contributed by atoms with Crippen LogP contribution < -0.4 is 15.8 Å². The highest BCUT2D eigenvalue weighted by Crippen LogP contribution is 2.39. The van der Waals surface area contributed by atoms with Crippen molar-refractivity contribution in [1.82, 2.24) is 14.9 Å². The number of ether oxygens (including phenoxy) is 1. The van der Waals surface area contributed by atoms with Gasteiger partial charge in [0, 0.05) is 18.2 Å². The van der Waals surface area contributed by atoms with Crippen LogP contribution in [0.5, 0.6) is 11.5 Å². The normalized spacial score (nSPS) is 20.6. The molecule has 2 aromatic carbocycles. The molecule has 2 fully saturated rings. The van der Waals surface area contributed by atoms with E-state index in [0.717, 1.165) is 18.6 Å². The first kappa shape index (κ1) is 21.5. The third-order valence-electron chi connectivity index (χ3n) is 6.44. The van der Waals surface area contributed by atoms with Gasteiger partial charge in [-0.05, 0) is 61.1 Å². The van der Waals surface area contributed by atoms with Crippen molar-refractivity contribution < 1.29 is 9.53 Å². The topological polar surface area (TPSA) is 117 Å². The average molecular weight is 453 g/mol. The van der Waals surface area contributed by atoms with Gasteiger partial charge in [-0.25, -0.2) is 9.97 Å².